The second kappa shape index (κ2) is 3.16. The fourth-order valence-electron chi connectivity index (χ4n) is 1.17. The molecule has 0 bridgehead atoms. The van der Waals surface area contributed by atoms with Crippen LogP contribution in [0.5, 0.6) is 0 Å². The van der Waals surface area contributed by atoms with E-state index < -0.39 is 10.2 Å². The van der Waals surface area contributed by atoms with Crippen molar-refractivity contribution in [1.82, 2.24) is 9.97 Å². The first-order valence-corrected chi connectivity index (χ1v) is 5.70. The molecule has 80 valence electrons. The third-order valence-corrected chi connectivity index (χ3v) is 2.76. The molecule has 1 aromatic heterocycles. The maximum Gasteiger partial charge on any atom is 0.345 e. The summed E-state index contributed by atoms with van der Waals surface area (Å²) in [5.41, 5.74) is 6.39. The second-order valence-corrected chi connectivity index (χ2v) is 4.30. The smallest absolute Gasteiger partial charge is 0.345 e. The van der Waals surface area contributed by atoms with Crippen LogP contribution in [0, 0.1) is 0 Å². The van der Waals surface area contributed by atoms with Gasteiger partial charge in [-0.15, -0.1) is 4.40 Å². The van der Waals surface area contributed by atoms with Gasteiger partial charge in [0.1, 0.15) is 5.69 Å². The van der Waals surface area contributed by atoms with Crippen LogP contribution in [0.2, 0.25) is 0 Å². The highest BCUT2D eigenvalue weighted by atomic mass is 32.2. The number of fused-ring (bicyclic) bond motifs is 1. The quantitative estimate of drug-likeness (QED) is 0.666. The number of aromatic nitrogens is 2. The van der Waals surface area contributed by atoms with E-state index in [1.807, 2.05) is 6.92 Å². The Labute approximate surface area is 86.6 Å². The average molecular weight is 227 g/mol. The Morgan fingerprint density at radius 3 is 2.93 bits per heavy atom. The molecule has 0 unspecified atom stereocenters. The molecule has 15 heavy (non-hydrogen) atoms. The Morgan fingerprint density at radius 1 is 1.53 bits per heavy atom. The number of rotatable bonds is 1. The molecule has 3 N–H and O–H groups in total. The number of aryl methyl sites for hydroxylation is 1. The summed E-state index contributed by atoms with van der Waals surface area (Å²) in [7, 11) is -3.76. The fourth-order valence-corrected chi connectivity index (χ4v) is 1.95. The zero-order valence-electron chi connectivity index (χ0n) is 7.93. The summed E-state index contributed by atoms with van der Waals surface area (Å²) < 4.78 is 27.8. The molecule has 1 aromatic rings. The van der Waals surface area contributed by atoms with Gasteiger partial charge in [-0.3, -0.25) is 0 Å². The monoisotopic (exact) mass is 227 g/mol. The van der Waals surface area contributed by atoms with E-state index in [-0.39, 0.29) is 17.3 Å². The molecule has 0 saturated heterocycles. The van der Waals surface area contributed by atoms with Gasteiger partial charge in [-0.05, 0) is 6.42 Å². The van der Waals surface area contributed by atoms with Crippen LogP contribution in [0.3, 0.4) is 0 Å². The van der Waals surface area contributed by atoms with Gasteiger partial charge in [-0.1, -0.05) is 6.92 Å². The molecule has 1 aliphatic heterocycles. The highest BCUT2D eigenvalue weighted by Gasteiger charge is 2.23. The molecule has 2 heterocycles. The van der Waals surface area contributed by atoms with Gasteiger partial charge < -0.3 is 5.73 Å². The molecule has 0 aliphatic carbocycles. The molecule has 0 amide bonds. The van der Waals surface area contributed by atoms with Crippen molar-refractivity contribution in [1.29, 1.82) is 0 Å². The maximum atomic E-state index is 11.2. The Hall–Kier alpha value is -1.70. The lowest BCUT2D eigenvalue weighted by molar-refractivity contribution is 0.602. The number of nitrogens with one attached hydrogen (secondary N) is 1. The molecule has 8 heteroatoms. The first-order valence-electron chi connectivity index (χ1n) is 4.26. The van der Waals surface area contributed by atoms with Crippen molar-refractivity contribution in [3.05, 3.63) is 17.6 Å². The van der Waals surface area contributed by atoms with E-state index >= 15 is 0 Å². The zero-order valence-corrected chi connectivity index (χ0v) is 8.74. The first kappa shape index (κ1) is 9.84. The predicted molar refractivity (Wildman–Crippen MR) is 54.7 cm³/mol. The minimum Gasteiger partial charge on any atom is -0.381 e. The molecule has 0 fully saturated rings. The Balaban J connectivity index is 2.60. The van der Waals surface area contributed by atoms with E-state index in [9.17, 15) is 8.42 Å². The number of nitrogens with zero attached hydrogens (tertiary/aromatic N) is 3. The van der Waals surface area contributed by atoms with Crippen molar-refractivity contribution >= 4 is 21.9 Å². The minimum atomic E-state index is -3.76. The molecule has 2 rings (SSSR count). The summed E-state index contributed by atoms with van der Waals surface area (Å²) in [6, 6.07) is 0. The van der Waals surface area contributed by atoms with E-state index in [0.29, 0.717) is 12.1 Å². The van der Waals surface area contributed by atoms with E-state index in [0.717, 1.165) is 0 Å². The van der Waals surface area contributed by atoms with Crippen molar-refractivity contribution in [3.63, 3.8) is 0 Å². The van der Waals surface area contributed by atoms with Gasteiger partial charge in [0, 0.05) is 6.20 Å². The van der Waals surface area contributed by atoms with Crippen molar-refractivity contribution < 1.29 is 8.42 Å². The molecule has 1 aliphatic rings. The Morgan fingerprint density at radius 2 is 2.27 bits per heavy atom. The van der Waals surface area contributed by atoms with Crippen molar-refractivity contribution in [2.75, 3.05) is 4.72 Å². The van der Waals surface area contributed by atoms with Gasteiger partial charge in [0.2, 0.25) is 0 Å². The van der Waals surface area contributed by atoms with Crippen LogP contribution >= 0.6 is 0 Å². The van der Waals surface area contributed by atoms with Gasteiger partial charge in [0.15, 0.2) is 11.7 Å². The van der Waals surface area contributed by atoms with E-state index in [2.05, 4.69) is 19.1 Å². The Kier molecular flexibility index (Phi) is 2.07. The van der Waals surface area contributed by atoms with Gasteiger partial charge >= 0.3 is 10.2 Å². The fraction of sp³-hybridized carbons (Fsp3) is 0.286. The van der Waals surface area contributed by atoms with E-state index in [1.54, 1.807) is 6.20 Å². The standard InChI is InChI=1S/C7H9N5O2S/c1-2-4-3-9-5-6(8)11-15(13,14)12-7(5)10-4/h3H,2H2,1H3,(H2,8,11)(H,10,12). The predicted octanol–water partition coefficient (Wildman–Crippen LogP) is -0.585. The van der Waals surface area contributed by atoms with Crippen molar-refractivity contribution in [2.45, 2.75) is 13.3 Å². The third kappa shape index (κ3) is 1.75. The van der Waals surface area contributed by atoms with Crippen LogP contribution in [0.25, 0.3) is 0 Å². The van der Waals surface area contributed by atoms with Gasteiger partial charge in [-0.2, -0.15) is 8.42 Å². The molecular weight excluding hydrogens is 218 g/mol. The van der Waals surface area contributed by atoms with Crippen LogP contribution in [-0.4, -0.2) is 24.2 Å². The summed E-state index contributed by atoms with van der Waals surface area (Å²) >= 11 is 0. The van der Waals surface area contributed by atoms with Crippen LogP contribution in [-0.2, 0) is 16.6 Å². The van der Waals surface area contributed by atoms with Crippen LogP contribution in [0.15, 0.2) is 10.6 Å². The highest BCUT2D eigenvalue weighted by molar-refractivity contribution is 7.91. The summed E-state index contributed by atoms with van der Waals surface area (Å²) in [5.74, 6) is 0.000697. The van der Waals surface area contributed by atoms with Crippen molar-refractivity contribution in [3.8, 4) is 0 Å². The van der Waals surface area contributed by atoms with E-state index in [4.69, 9.17) is 5.73 Å². The molecule has 0 spiro atoms. The number of hydrogen-bond acceptors (Lipinski definition) is 5. The molecule has 0 radical (unpaired) electrons. The molecule has 0 aromatic carbocycles. The van der Waals surface area contributed by atoms with Gasteiger partial charge in [0.05, 0.1) is 5.69 Å². The summed E-state index contributed by atoms with van der Waals surface area (Å²) in [5, 5.41) is 0. The van der Waals surface area contributed by atoms with Crippen LogP contribution in [0.1, 0.15) is 18.3 Å². The van der Waals surface area contributed by atoms with E-state index in [1.165, 1.54) is 0 Å². The van der Waals surface area contributed by atoms with Crippen LogP contribution < -0.4 is 10.5 Å². The van der Waals surface area contributed by atoms with Gasteiger partial charge in [-0.25, -0.2) is 14.7 Å². The number of anilines is 1. The second-order valence-electron chi connectivity index (χ2n) is 2.97. The van der Waals surface area contributed by atoms with Crippen LogP contribution in [0.4, 0.5) is 5.82 Å². The number of amidine groups is 1. The molecule has 7 nitrogen and oxygen atoms in total. The largest absolute Gasteiger partial charge is 0.381 e. The maximum absolute atomic E-state index is 11.2. The highest BCUT2D eigenvalue weighted by Crippen LogP contribution is 2.17. The molecular formula is C7H9N5O2S. The third-order valence-electron chi connectivity index (χ3n) is 1.87. The van der Waals surface area contributed by atoms with Gasteiger partial charge in [0.25, 0.3) is 0 Å². The number of hydrogen-bond donors (Lipinski definition) is 2. The zero-order chi connectivity index (χ0) is 11.1. The van der Waals surface area contributed by atoms with Crippen molar-refractivity contribution in [2.24, 2.45) is 10.1 Å². The Bertz CT molecular complexity index is 536. The SMILES string of the molecule is CCc1cnc2c(n1)NS(=O)(=O)N=C2N. The summed E-state index contributed by atoms with van der Waals surface area (Å²) in [4.78, 5) is 8.06. The first-order chi connectivity index (χ1) is 7.02. The lowest BCUT2D eigenvalue weighted by Gasteiger charge is -2.13. The minimum absolute atomic E-state index is 0.140. The normalized spacial score (nSPS) is 17.5. The topological polar surface area (TPSA) is 110 Å². The summed E-state index contributed by atoms with van der Waals surface area (Å²) in [6.45, 7) is 1.89. The number of nitrogens with two attached hydrogens (primary N) is 1. The molecule has 0 saturated carbocycles. The molecule has 0 atom stereocenters. The summed E-state index contributed by atoms with van der Waals surface area (Å²) in [6.07, 6.45) is 2.21. The lowest BCUT2D eigenvalue weighted by atomic mass is 10.3. The lowest BCUT2D eigenvalue weighted by Crippen LogP contribution is -2.28. The average Bonchev–Trinajstić information content (AvgIpc) is 2.14.